The lowest BCUT2D eigenvalue weighted by Gasteiger charge is -2.11. The van der Waals surface area contributed by atoms with Gasteiger partial charge in [0.05, 0.1) is 25.0 Å². The molecule has 76 valence electrons. The second-order valence-corrected chi connectivity index (χ2v) is 3.44. The number of rotatable bonds is 2. The van der Waals surface area contributed by atoms with E-state index in [1.54, 1.807) is 10.9 Å². The Morgan fingerprint density at radius 2 is 2.50 bits per heavy atom. The van der Waals surface area contributed by atoms with Gasteiger partial charge in [-0.1, -0.05) is 0 Å². The number of aliphatic hydroxyl groups excluding tert-OH is 1. The van der Waals surface area contributed by atoms with Crippen LogP contribution < -0.4 is 0 Å². The number of hydrogen-bond donors (Lipinski definition) is 1. The quantitative estimate of drug-likeness (QED) is 0.677. The van der Waals surface area contributed by atoms with Crippen LogP contribution in [0.4, 0.5) is 0 Å². The lowest BCUT2D eigenvalue weighted by atomic mass is 10.2. The number of ether oxygens (including phenoxy) is 1. The van der Waals surface area contributed by atoms with Crippen molar-refractivity contribution in [2.24, 2.45) is 0 Å². The Labute approximate surface area is 81.3 Å². The van der Waals surface area contributed by atoms with Crippen molar-refractivity contribution in [1.29, 1.82) is 0 Å². The van der Waals surface area contributed by atoms with Gasteiger partial charge in [0.15, 0.2) is 5.78 Å². The first-order valence-corrected chi connectivity index (χ1v) is 4.49. The summed E-state index contributed by atoms with van der Waals surface area (Å²) in [4.78, 5) is 11.0. The summed E-state index contributed by atoms with van der Waals surface area (Å²) in [6.07, 6.45) is 2.62. The molecule has 0 bridgehead atoms. The van der Waals surface area contributed by atoms with E-state index >= 15 is 0 Å². The van der Waals surface area contributed by atoms with Crippen LogP contribution in [-0.2, 0) is 4.74 Å². The Hall–Kier alpha value is -1.20. The van der Waals surface area contributed by atoms with Gasteiger partial charge in [-0.2, -0.15) is 5.10 Å². The van der Waals surface area contributed by atoms with Crippen LogP contribution in [-0.4, -0.2) is 40.0 Å². The molecule has 0 amide bonds. The van der Waals surface area contributed by atoms with E-state index in [1.807, 2.05) is 0 Å². The Morgan fingerprint density at radius 3 is 3.00 bits per heavy atom. The summed E-state index contributed by atoms with van der Waals surface area (Å²) < 4.78 is 6.69. The second-order valence-electron chi connectivity index (χ2n) is 3.44. The highest BCUT2D eigenvalue weighted by molar-refractivity contribution is 5.93. The zero-order chi connectivity index (χ0) is 10.1. The molecular formula is C9H12N2O3. The summed E-state index contributed by atoms with van der Waals surface area (Å²) in [7, 11) is 0. The number of carbonyl (C=O) groups is 1. The molecule has 0 aliphatic carbocycles. The first-order valence-electron chi connectivity index (χ1n) is 4.49. The van der Waals surface area contributed by atoms with Crippen molar-refractivity contribution in [2.45, 2.75) is 19.1 Å². The Bertz CT molecular complexity index is 348. The highest BCUT2D eigenvalue weighted by Gasteiger charge is 2.28. The SMILES string of the molecule is CC(=O)c1cnn(C2COCC2O)c1. The zero-order valence-corrected chi connectivity index (χ0v) is 7.88. The molecule has 2 rings (SSSR count). The van der Waals surface area contributed by atoms with Crippen molar-refractivity contribution < 1.29 is 14.6 Å². The molecule has 2 atom stereocenters. The van der Waals surface area contributed by atoms with Crippen LogP contribution in [0.3, 0.4) is 0 Å². The molecule has 1 aliphatic rings. The Balaban J connectivity index is 2.20. The fraction of sp³-hybridized carbons (Fsp3) is 0.556. The van der Waals surface area contributed by atoms with Gasteiger partial charge in [-0.25, -0.2) is 0 Å². The largest absolute Gasteiger partial charge is 0.388 e. The maximum Gasteiger partial charge on any atom is 0.162 e. The van der Waals surface area contributed by atoms with E-state index in [2.05, 4.69) is 5.10 Å². The van der Waals surface area contributed by atoms with Gasteiger partial charge in [-0.05, 0) is 6.92 Å². The van der Waals surface area contributed by atoms with Crippen molar-refractivity contribution in [2.75, 3.05) is 13.2 Å². The molecule has 1 aromatic rings. The van der Waals surface area contributed by atoms with E-state index in [9.17, 15) is 9.90 Å². The minimum Gasteiger partial charge on any atom is -0.388 e. The number of aliphatic hydroxyl groups is 1. The monoisotopic (exact) mass is 196 g/mol. The first kappa shape index (κ1) is 9.36. The van der Waals surface area contributed by atoms with Gasteiger partial charge >= 0.3 is 0 Å². The molecular weight excluding hydrogens is 184 g/mol. The standard InChI is InChI=1S/C9H12N2O3/c1-6(12)7-2-10-11(3-7)8-4-14-5-9(8)13/h2-3,8-9,13H,4-5H2,1H3. The van der Waals surface area contributed by atoms with E-state index in [1.165, 1.54) is 13.1 Å². The predicted octanol–water partition coefficient (Wildman–Crippen LogP) is 0.0179. The van der Waals surface area contributed by atoms with Crippen LogP contribution in [0.15, 0.2) is 12.4 Å². The molecule has 0 saturated carbocycles. The van der Waals surface area contributed by atoms with Crippen molar-refractivity contribution in [1.82, 2.24) is 9.78 Å². The summed E-state index contributed by atoms with van der Waals surface area (Å²) in [5, 5.41) is 13.5. The van der Waals surface area contributed by atoms with Crippen molar-refractivity contribution >= 4 is 5.78 Å². The maximum atomic E-state index is 11.0. The van der Waals surface area contributed by atoms with Gasteiger partial charge in [0.1, 0.15) is 12.1 Å². The molecule has 14 heavy (non-hydrogen) atoms. The third-order valence-electron chi connectivity index (χ3n) is 2.37. The number of ketones is 1. The van der Waals surface area contributed by atoms with Crippen molar-refractivity contribution in [3.63, 3.8) is 0 Å². The predicted molar refractivity (Wildman–Crippen MR) is 48.1 cm³/mol. The van der Waals surface area contributed by atoms with E-state index in [0.29, 0.717) is 18.8 Å². The summed E-state index contributed by atoms with van der Waals surface area (Å²) in [6, 6.07) is -0.164. The molecule has 5 heteroatoms. The molecule has 2 unspecified atom stereocenters. The third-order valence-corrected chi connectivity index (χ3v) is 2.37. The molecule has 0 spiro atoms. The molecule has 5 nitrogen and oxygen atoms in total. The van der Waals surface area contributed by atoms with Gasteiger partial charge in [0, 0.05) is 6.20 Å². The third kappa shape index (κ3) is 1.56. The Kier molecular flexibility index (Phi) is 2.35. The van der Waals surface area contributed by atoms with E-state index < -0.39 is 6.10 Å². The van der Waals surface area contributed by atoms with E-state index in [0.717, 1.165) is 0 Å². The fourth-order valence-corrected chi connectivity index (χ4v) is 1.49. The number of carbonyl (C=O) groups excluding carboxylic acids is 1. The summed E-state index contributed by atoms with van der Waals surface area (Å²) >= 11 is 0. The fourth-order valence-electron chi connectivity index (χ4n) is 1.49. The molecule has 2 heterocycles. The summed E-state index contributed by atoms with van der Waals surface area (Å²) in [6.45, 7) is 2.27. The summed E-state index contributed by atoms with van der Waals surface area (Å²) in [5.41, 5.74) is 0.559. The number of hydrogen-bond acceptors (Lipinski definition) is 4. The van der Waals surface area contributed by atoms with Gasteiger partial charge in [-0.15, -0.1) is 0 Å². The van der Waals surface area contributed by atoms with E-state index in [4.69, 9.17) is 4.74 Å². The zero-order valence-electron chi connectivity index (χ0n) is 7.88. The second kappa shape index (κ2) is 3.51. The van der Waals surface area contributed by atoms with Crippen LogP contribution in [0.5, 0.6) is 0 Å². The summed E-state index contributed by atoms with van der Waals surface area (Å²) in [5.74, 6) is -0.0235. The topological polar surface area (TPSA) is 64.4 Å². The molecule has 0 radical (unpaired) electrons. The average Bonchev–Trinajstić information content (AvgIpc) is 2.71. The van der Waals surface area contributed by atoms with Gasteiger partial charge in [0.25, 0.3) is 0 Å². The number of nitrogens with zero attached hydrogens (tertiary/aromatic N) is 2. The van der Waals surface area contributed by atoms with Crippen LogP contribution in [0, 0.1) is 0 Å². The molecule has 1 N–H and O–H groups in total. The number of aromatic nitrogens is 2. The molecule has 0 aromatic carbocycles. The molecule has 1 aromatic heterocycles. The average molecular weight is 196 g/mol. The lowest BCUT2D eigenvalue weighted by molar-refractivity contribution is 0.101. The molecule has 1 fully saturated rings. The van der Waals surface area contributed by atoms with Gasteiger partial charge < -0.3 is 9.84 Å². The highest BCUT2D eigenvalue weighted by Crippen LogP contribution is 2.19. The minimum absolute atomic E-state index is 0.0235. The van der Waals surface area contributed by atoms with Crippen LogP contribution >= 0.6 is 0 Å². The number of Topliss-reactive ketones (excluding diaryl/α,β-unsaturated/α-hetero) is 1. The van der Waals surface area contributed by atoms with E-state index in [-0.39, 0.29) is 11.8 Å². The smallest absolute Gasteiger partial charge is 0.162 e. The van der Waals surface area contributed by atoms with Crippen LogP contribution in [0.2, 0.25) is 0 Å². The van der Waals surface area contributed by atoms with Crippen molar-refractivity contribution in [3.05, 3.63) is 18.0 Å². The molecule has 1 saturated heterocycles. The molecule has 1 aliphatic heterocycles. The lowest BCUT2D eigenvalue weighted by Crippen LogP contribution is -2.22. The van der Waals surface area contributed by atoms with Gasteiger partial charge in [0.2, 0.25) is 0 Å². The first-order chi connectivity index (χ1) is 6.68. The van der Waals surface area contributed by atoms with Gasteiger partial charge in [-0.3, -0.25) is 9.48 Å². The highest BCUT2D eigenvalue weighted by atomic mass is 16.5. The Morgan fingerprint density at radius 1 is 1.71 bits per heavy atom. The van der Waals surface area contributed by atoms with Crippen LogP contribution in [0.25, 0.3) is 0 Å². The maximum absolute atomic E-state index is 11.0. The normalized spacial score (nSPS) is 26.7. The minimum atomic E-state index is -0.533. The van der Waals surface area contributed by atoms with Crippen LogP contribution in [0.1, 0.15) is 23.3 Å². The van der Waals surface area contributed by atoms with Crippen molar-refractivity contribution in [3.8, 4) is 0 Å².